The Bertz CT molecular complexity index is 834. The van der Waals surface area contributed by atoms with Crippen LogP contribution in [0.2, 0.25) is 0 Å². The van der Waals surface area contributed by atoms with E-state index >= 15 is 0 Å². The number of hydrogen-bond donors (Lipinski definition) is 1. The summed E-state index contributed by atoms with van der Waals surface area (Å²) in [6.07, 6.45) is 1.13. The standard InChI is InChI=1S/C16H14N2O3S/c1-22(20,21)11-13-4-2-3-5-15(13)16(19)18-14-8-6-12(10-17)7-9-14/h2-9H,11H2,1H3,(H,18,19). The van der Waals surface area contributed by atoms with Gasteiger partial charge in [-0.05, 0) is 35.9 Å². The molecule has 1 N–H and O–H groups in total. The fourth-order valence-corrected chi connectivity index (χ4v) is 2.79. The summed E-state index contributed by atoms with van der Waals surface area (Å²) in [6, 6.07) is 15.0. The molecule has 5 nitrogen and oxygen atoms in total. The Balaban J connectivity index is 2.24. The lowest BCUT2D eigenvalue weighted by molar-refractivity contribution is 0.102. The van der Waals surface area contributed by atoms with Crippen molar-refractivity contribution in [3.8, 4) is 6.07 Å². The smallest absolute Gasteiger partial charge is 0.255 e. The van der Waals surface area contributed by atoms with Crippen LogP contribution in [0.4, 0.5) is 5.69 Å². The van der Waals surface area contributed by atoms with Crippen molar-refractivity contribution in [2.24, 2.45) is 0 Å². The van der Waals surface area contributed by atoms with Crippen molar-refractivity contribution >= 4 is 21.4 Å². The summed E-state index contributed by atoms with van der Waals surface area (Å²) in [6.45, 7) is 0. The Hall–Kier alpha value is -2.65. The van der Waals surface area contributed by atoms with Crippen LogP contribution in [-0.4, -0.2) is 20.6 Å². The molecule has 2 aromatic carbocycles. The summed E-state index contributed by atoms with van der Waals surface area (Å²) in [4.78, 5) is 12.3. The number of nitrogens with one attached hydrogen (secondary N) is 1. The van der Waals surface area contributed by atoms with Crippen LogP contribution in [0, 0.1) is 11.3 Å². The summed E-state index contributed by atoms with van der Waals surface area (Å²) in [7, 11) is -3.23. The third kappa shape index (κ3) is 4.17. The first-order chi connectivity index (χ1) is 10.4. The molecule has 112 valence electrons. The molecule has 0 aromatic heterocycles. The van der Waals surface area contributed by atoms with E-state index in [0.29, 0.717) is 22.4 Å². The van der Waals surface area contributed by atoms with E-state index in [4.69, 9.17) is 5.26 Å². The van der Waals surface area contributed by atoms with Crippen LogP contribution in [0.1, 0.15) is 21.5 Å². The molecule has 0 saturated heterocycles. The number of nitrogens with zero attached hydrogens (tertiary/aromatic N) is 1. The Morgan fingerprint density at radius 2 is 1.77 bits per heavy atom. The molecule has 6 heteroatoms. The van der Waals surface area contributed by atoms with Crippen molar-refractivity contribution in [1.82, 2.24) is 0 Å². The maximum absolute atomic E-state index is 12.3. The highest BCUT2D eigenvalue weighted by molar-refractivity contribution is 7.89. The predicted octanol–water partition coefficient (Wildman–Crippen LogP) is 2.36. The Morgan fingerprint density at radius 3 is 2.36 bits per heavy atom. The number of amides is 1. The second-order valence-corrected chi connectivity index (χ2v) is 7.01. The Kier molecular flexibility index (Phi) is 4.59. The van der Waals surface area contributed by atoms with Crippen LogP contribution in [0.3, 0.4) is 0 Å². The molecular formula is C16H14N2O3S. The molecule has 0 unspecified atom stereocenters. The van der Waals surface area contributed by atoms with Crippen molar-refractivity contribution in [3.63, 3.8) is 0 Å². The second kappa shape index (κ2) is 6.41. The highest BCUT2D eigenvalue weighted by Gasteiger charge is 2.14. The first kappa shape index (κ1) is 15.7. The number of carbonyl (C=O) groups is 1. The van der Waals surface area contributed by atoms with Gasteiger partial charge < -0.3 is 5.32 Å². The predicted molar refractivity (Wildman–Crippen MR) is 84.1 cm³/mol. The molecule has 0 fully saturated rings. The van der Waals surface area contributed by atoms with Crippen LogP contribution >= 0.6 is 0 Å². The fourth-order valence-electron chi connectivity index (χ4n) is 1.98. The van der Waals surface area contributed by atoms with Crippen LogP contribution in [0.25, 0.3) is 0 Å². The Morgan fingerprint density at radius 1 is 1.14 bits per heavy atom. The second-order valence-electron chi connectivity index (χ2n) is 4.87. The first-order valence-electron chi connectivity index (χ1n) is 6.46. The molecule has 0 heterocycles. The number of benzene rings is 2. The monoisotopic (exact) mass is 314 g/mol. The highest BCUT2D eigenvalue weighted by Crippen LogP contribution is 2.15. The van der Waals surface area contributed by atoms with Gasteiger partial charge in [-0.15, -0.1) is 0 Å². The van der Waals surface area contributed by atoms with Crippen molar-refractivity contribution in [2.45, 2.75) is 5.75 Å². The van der Waals surface area contributed by atoms with Gasteiger partial charge in [0.15, 0.2) is 9.84 Å². The van der Waals surface area contributed by atoms with Crippen LogP contribution in [0.5, 0.6) is 0 Å². The summed E-state index contributed by atoms with van der Waals surface area (Å²) in [5, 5.41) is 11.4. The van der Waals surface area contributed by atoms with Gasteiger partial charge in [0, 0.05) is 17.5 Å². The van der Waals surface area contributed by atoms with Gasteiger partial charge in [-0.1, -0.05) is 18.2 Å². The van der Waals surface area contributed by atoms with Crippen LogP contribution in [-0.2, 0) is 15.6 Å². The number of carbonyl (C=O) groups excluding carboxylic acids is 1. The summed E-state index contributed by atoms with van der Waals surface area (Å²) < 4.78 is 22.9. The van der Waals surface area contributed by atoms with Gasteiger partial charge in [-0.25, -0.2) is 8.42 Å². The van der Waals surface area contributed by atoms with E-state index in [1.54, 1.807) is 48.5 Å². The average Bonchev–Trinajstić information content (AvgIpc) is 2.47. The van der Waals surface area contributed by atoms with Gasteiger partial charge in [-0.3, -0.25) is 4.79 Å². The highest BCUT2D eigenvalue weighted by atomic mass is 32.2. The van der Waals surface area contributed by atoms with Gasteiger partial charge in [0.1, 0.15) is 0 Å². The maximum atomic E-state index is 12.3. The molecule has 0 bridgehead atoms. The number of anilines is 1. The zero-order valence-electron chi connectivity index (χ0n) is 11.9. The quantitative estimate of drug-likeness (QED) is 0.938. The molecule has 0 aliphatic heterocycles. The van der Waals surface area contributed by atoms with Gasteiger partial charge in [-0.2, -0.15) is 5.26 Å². The number of hydrogen-bond acceptors (Lipinski definition) is 4. The normalized spacial score (nSPS) is 10.7. The van der Waals surface area contributed by atoms with E-state index in [1.807, 2.05) is 6.07 Å². The van der Waals surface area contributed by atoms with Crippen molar-refractivity contribution in [1.29, 1.82) is 5.26 Å². The summed E-state index contributed by atoms with van der Waals surface area (Å²) >= 11 is 0. The SMILES string of the molecule is CS(=O)(=O)Cc1ccccc1C(=O)Nc1ccc(C#N)cc1. The van der Waals surface area contributed by atoms with E-state index < -0.39 is 9.84 Å². The minimum Gasteiger partial charge on any atom is -0.322 e. The molecule has 0 aliphatic carbocycles. The van der Waals surface area contributed by atoms with Crippen LogP contribution < -0.4 is 5.32 Å². The lowest BCUT2D eigenvalue weighted by Gasteiger charge is -2.09. The zero-order chi connectivity index (χ0) is 16.2. The third-order valence-corrected chi connectivity index (χ3v) is 3.79. The Labute approximate surface area is 129 Å². The van der Waals surface area contributed by atoms with Crippen LogP contribution in [0.15, 0.2) is 48.5 Å². The minimum atomic E-state index is -3.23. The van der Waals surface area contributed by atoms with E-state index in [9.17, 15) is 13.2 Å². The fraction of sp³-hybridized carbons (Fsp3) is 0.125. The number of rotatable bonds is 4. The lowest BCUT2D eigenvalue weighted by atomic mass is 10.1. The molecular weight excluding hydrogens is 300 g/mol. The summed E-state index contributed by atoms with van der Waals surface area (Å²) in [5.41, 5.74) is 1.81. The molecule has 2 aromatic rings. The first-order valence-corrected chi connectivity index (χ1v) is 8.52. The molecule has 0 spiro atoms. The molecule has 0 saturated carbocycles. The molecule has 1 amide bonds. The number of nitriles is 1. The van der Waals surface area contributed by atoms with Gasteiger partial charge in [0.2, 0.25) is 0 Å². The topological polar surface area (TPSA) is 87.0 Å². The average molecular weight is 314 g/mol. The van der Waals surface area contributed by atoms with Gasteiger partial charge >= 0.3 is 0 Å². The molecule has 0 atom stereocenters. The lowest BCUT2D eigenvalue weighted by Crippen LogP contribution is -2.15. The van der Waals surface area contributed by atoms with E-state index in [0.717, 1.165) is 6.26 Å². The number of sulfone groups is 1. The molecule has 22 heavy (non-hydrogen) atoms. The van der Waals surface area contributed by atoms with Gasteiger partial charge in [0.25, 0.3) is 5.91 Å². The largest absolute Gasteiger partial charge is 0.322 e. The van der Waals surface area contributed by atoms with Crippen molar-refractivity contribution in [3.05, 3.63) is 65.2 Å². The van der Waals surface area contributed by atoms with Crippen molar-refractivity contribution < 1.29 is 13.2 Å². The van der Waals surface area contributed by atoms with E-state index in [-0.39, 0.29) is 11.7 Å². The maximum Gasteiger partial charge on any atom is 0.255 e. The van der Waals surface area contributed by atoms with Crippen molar-refractivity contribution in [2.75, 3.05) is 11.6 Å². The minimum absolute atomic E-state index is 0.191. The van der Waals surface area contributed by atoms with E-state index in [1.165, 1.54) is 0 Å². The molecule has 0 radical (unpaired) electrons. The molecule has 0 aliphatic rings. The van der Waals surface area contributed by atoms with E-state index in [2.05, 4.69) is 5.32 Å². The molecule has 2 rings (SSSR count). The van der Waals surface area contributed by atoms with Gasteiger partial charge in [0.05, 0.1) is 17.4 Å². The third-order valence-electron chi connectivity index (χ3n) is 2.95. The summed E-state index contributed by atoms with van der Waals surface area (Å²) in [5.74, 6) is -0.576. The zero-order valence-corrected chi connectivity index (χ0v) is 12.7.